The summed E-state index contributed by atoms with van der Waals surface area (Å²) in [7, 11) is 0. The Hall–Kier alpha value is -1.06. The highest BCUT2D eigenvalue weighted by Crippen LogP contribution is 2.28. The minimum atomic E-state index is 0.187. The van der Waals surface area contributed by atoms with E-state index in [1.807, 2.05) is 13.0 Å². The van der Waals surface area contributed by atoms with Crippen LogP contribution in [0.25, 0.3) is 0 Å². The number of piperidine rings is 1. The second-order valence-corrected chi connectivity index (χ2v) is 7.46. The molecule has 0 atom stereocenters. The molecule has 1 saturated heterocycles. The van der Waals surface area contributed by atoms with E-state index in [2.05, 4.69) is 56.5 Å². The summed E-state index contributed by atoms with van der Waals surface area (Å²) < 4.78 is 5.57. The molecule has 0 unspecified atom stereocenters. The highest BCUT2D eigenvalue weighted by atomic mass is 16.5. The molecule has 0 aromatic heterocycles. The molecule has 1 aliphatic rings. The summed E-state index contributed by atoms with van der Waals surface area (Å²) in [6.45, 7) is 12.8. The SMILES string of the molecule is CCOc1cccc(CNC2CC(C)(C)NC(C)(C)C2)c1. The zero-order chi connectivity index (χ0) is 15.5. The van der Waals surface area contributed by atoms with Gasteiger partial charge in [0.25, 0.3) is 0 Å². The summed E-state index contributed by atoms with van der Waals surface area (Å²) in [6, 6.07) is 8.93. The number of hydrogen-bond donors (Lipinski definition) is 2. The Balaban J connectivity index is 1.94. The molecule has 118 valence electrons. The number of ether oxygens (including phenoxy) is 1. The Morgan fingerprint density at radius 3 is 2.48 bits per heavy atom. The lowest BCUT2D eigenvalue weighted by Gasteiger charge is -2.46. The van der Waals surface area contributed by atoms with Crippen molar-refractivity contribution < 1.29 is 4.74 Å². The van der Waals surface area contributed by atoms with E-state index in [9.17, 15) is 0 Å². The lowest BCUT2D eigenvalue weighted by Crippen LogP contribution is -2.61. The predicted molar refractivity (Wildman–Crippen MR) is 88.8 cm³/mol. The summed E-state index contributed by atoms with van der Waals surface area (Å²) in [4.78, 5) is 0. The molecule has 1 heterocycles. The fourth-order valence-corrected chi connectivity index (χ4v) is 3.64. The molecule has 0 aliphatic carbocycles. The van der Waals surface area contributed by atoms with Crippen molar-refractivity contribution in [2.45, 2.75) is 71.1 Å². The second kappa shape index (κ2) is 6.37. The molecule has 1 aromatic carbocycles. The summed E-state index contributed by atoms with van der Waals surface area (Å²) in [5.74, 6) is 0.961. The molecular formula is C18H30N2O. The van der Waals surface area contributed by atoms with E-state index in [4.69, 9.17) is 4.74 Å². The first-order valence-electron chi connectivity index (χ1n) is 8.04. The van der Waals surface area contributed by atoms with Crippen molar-refractivity contribution in [2.24, 2.45) is 0 Å². The van der Waals surface area contributed by atoms with E-state index in [1.54, 1.807) is 0 Å². The van der Waals surface area contributed by atoms with E-state index >= 15 is 0 Å². The van der Waals surface area contributed by atoms with Gasteiger partial charge in [-0.3, -0.25) is 0 Å². The third kappa shape index (κ3) is 5.01. The Morgan fingerprint density at radius 2 is 1.86 bits per heavy atom. The van der Waals surface area contributed by atoms with Crippen molar-refractivity contribution in [1.82, 2.24) is 10.6 Å². The monoisotopic (exact) mass is 290 g/mol. The van der Waals surface area contributed by atoms with E-state index in [0.717, 1.165) is 25.1 Å². The van der Waals surface area contributed by atoms with Crippen LogP contribution in [-0.2, 0) is 6.54 Å². The maximum absolute atomic E-state index is 5.57. The first-order chi connectivity index (χ1) is 9.80. The molecule has 2 rings (SSSR count). The molecule has 3 nitrogen and oxygen atoms in total. The van der Waals surface area contributed by atoms with Crippen molar-refractivity contribution in [2.75, 3.05) is 6.61 Å². The number of hydrogen-bond acceptors (Lipinski definition) is 3. The van der Waals surface area contributed by atoms with Gasteiger partial charge in [0.1, 0.15) is 5.75 Å². The molecule has 2 N–H and O–H groups in total. The highest BCUT2D eigenvalue weighted by Gasteiger charge is 2.37. The fourth-order valence-electron chi connectivity index (χ4n) is 3.64. The maximum Gasteiger partial charge on any atom is 0.119 e. The highest BCUT2D eigenvalue weighted by molar-refractivity contribution is 5.28. The molecule has 0 bridgehead atoms. The Kier molecular flexibility index (Phi) is 4.95. The van der Waals surface area contributed by atoms with E-state index in [1.165, 1.54) is 5.56 Å². The van der Waals surface area contributed by atoms with Crippen LogP contribution in [0.2, 0.25) is 0 Å². The summed E-state index contributed by atoms with van der Waals surface area (Å²) in [6.07, 6.45) is 2.31. The normalized spacial score (nSPS) is 21.2. The third-order valence-electron chi connectivity index (χ3n) is 3.99. The molecule has 1 fully saturated rings. The van der Waals surface area contributed by atoms with Gasteiger partial charge in [-0.05, 0) is 65.2 Å². The quantitative estimate of drug-likeness (QED) is 0.871. The second-order valence-electron chi connectivity index (χ2n) is 7.46. The fraction of sp³-hybridized carbons (Fsp3) is 0.667. The predicted octanol–water partition coefficient (Wildman–Crippen LogP) is 3.48. The largest absolute Gasteiger partial charge is 0.494 e. The minimum absolute atomic E-state index is 0.187. The standard InChI is InChI=1S/C18H30N2O/c1-6-21-16-9-7-8-14(10-16)13-19-15-11-17(2,3)20-18(4,5)12-15/h7-10,15,19-20H,6,11-13H2,1-5H3. The molecule has 21 heavy (non-hydrogen) atoms. The van der Waals surface area contributed by atoms with Crippen molar-refractivity contribution in [3.05, 3.63) is 29.8 Å². The topological polar surface area (TPSA) is 33.3 Å². The van der Waals surface area contributed by atoms with Gasteiger partial charge in [-0.15, -0.1) is 0 Å². The number of nitrogens with one attached hydrogen (secondary N) is 2. The van der Waals surface area contributed by atoms with Crippen LogP contribution in [-0.4, -0.2) is 23.7 Å². The van der Waals surface area contributed by atoms with E-state index in [-0.39, 0.29) is 11.1 Å². The Labute approximate surface area is 129 Å². The van der Waals surface area contributed by atoms with Crippen molar-refractivity contribution in [1.29, 1.82) is 0 Å². The summed E-state index contributed by atoms with van der Waals surface area (Å²) in [5, 5.41) is 7.45. The van der Waals surface area contributed by atoms with Crippen LogP contribution >= 0.6 is 0 Å². The Morgan fingerprint density at radius 1 is 1.19 bits per heavy atom. The van der Waals surface area contributed by atoms with Gasteiger partial charge < -0.3 is 15.4 Å². The average Bonchev–Trinajstić information content (AvgIpc) is 2.34. The zero-order valence-electron chi connectivity index (χ0n) is 14.1. The lowest BCUT2D eigenvalue weighted by atomic mass is 9.79. The number of rotatable bonds is 5. The van der Waals surface area contributed by atoms with Gasteiger partial charge in [0.2, 0.25) is 0 Å². The summed E-state index contributed by atoms with van der Waals surface area (Å²) in [5.41, 5.74) is 1.66. The maximum atomic E-state index is 5.57. The van der Waals surface area contributed by atoms with Crippen LogP contribution in [0.5, 0.6) is 5.75 Å². The molecule has 0 spiro atoms. The van der Waals surface area contributed by atoms with Gasteiger partial charge in [0.05, 0.1) is 6.61 Å². The molecule has 0 amide bonds. The van der Waals surface area contributed by atoms with Crippen molar-refractivity contribution in [3.63, 3.8) is 0 Å². The molecule has 1 aliphatic heterocycles. The first kappa shape index (κ1) is 16.3. The van der Waals surface area contributed by atoms with Crippen LogP contribution in [0, 0.1) is 0 Å². The van der Waals surface area contributed by atoms with Gasteiger partial charge in [-0.25, -0.2) is 0 Å². The van der Waals surface area contributed by atoms with Crippen LogP contribution in [0.15, 0.2) is 24.3 Å². The van der Waals surface area contributed by atoms with Crippen LogP contribution < -0.4 is 15.4 Å². The zero-order valence-corrected chi connectivity index (χ0v) is 14.1. The van der Waals surface area contributed by atoms with Crippen LogP contribution in [0.1, 0.15) is 53.0 Å². The van der Waals surface area contributed by atoms with Gasteiger partial charge in [-0.1, -0.05) is 12.1 Å². The Bertz CT molecular complexity index is 452. The molecule has 1 aromatic rings. The van der Waals surface area contributed by atoms with Crippen LogP contribution in [0.3, 0.4) is 0 Å². The van der Waals surface area contributed by atoms with E-state index in [0.29, 0.717) is 12.6 Å². The van der Waals surface area contributed by atoms with Crippen molar-refractivity contribution >= 4 is 0 Å². The first-order valence-corrected chi connectivity index (χ1v) is 8.04. The third-order valence-corrected chi connectivity index (χ3v) is 3.99. The number of benzene rings is 1. The van der Waals surface area contributed by atoms with Gasteiger partial charge >= 0.3 is 0 Å². The minimum Gasteiger partial charge on any atom is -0.494 e. The lowest BCUT2D eigenvalue weighted by molar-refractivity contribution is 0.145. The summed E-state index contributed by atoms with van der Waals surface area (Å²) >= 11 is 0. The van der Waals surface area contributed by atoms with Gasteiger partial charge in [0.15, 0.2) is 0 Å². The molecule has 0 saturated carbocycles. The van der Waals surface area contributed by atoms with Gasteiger partial charge in [0, 0.05) is 23.7 Å². The van der Waals surface area contributed by atoms with Crippen molar-refractivity contribution in [3.8, 4) is 5.75 Å². The van der Waals surface area contributed by atoms with Gasteiger partial charge in [-0.2, -0.15) is 0 Å². The van der Waals surface area contributed by atoms with E-state index < -0.39 is 0 Å². The molecule has 3 heteroatoms. The average molecular weight is 290 g/mol. The molecule has 0 radical (unpaired) electrons. The van der Waals surface area contributed by atoms with Crippen LogP contribution in [0.4, 0.5) is 0 Å². The molecular weight excluding hydrogens is 260 g/mol. The smallest absolute Gasteiger partial charge is 0.119 e.